The smallest absolute Gasteiger partial charge is 0.221 e. The van der Waals surface area contributed by atoms with Crippen molar-refractivity contribution in [3.8, 4) is 0 Å². The van der Waals surface area contributed by atoms with Crippen molar-refractivity contribution in [3.63, 3.8) is 0 Å². The highest BCUT2D eigenvalue weighted by molar-refractivity contribution is 5.76. The van der Waals surface area contributed by atoms with Gasteiger partial charge < -0.3 is 11.1 Å². The summed E-state index contributed by atoms with van der Waals surface area (Å²) in [7, 11) is 2.09. The summed E-state index contributed by atoms with van der Waals surface area (Å²) >= 11 is 0. The molecule has 0 radical (unpaired) electrons. The molecule has 1 atom stereocenters. The molecule has 1 saturated carbocycles. The minimum atomic E-state index is 0.128. The first-order chi connectivity index (χ1) is 7.69. The molecule has 4 heteroatoms. The van der Waals surface area contributed by atoms with Gasteiger partial charge in [-0.15, -0.1) is 0 Å². The standard InChI is InChI=1S/C12H25N3O/c1-3-7-14-12(16)8-11(9-13)15(2)10-5-4-6-10/h10-11H,3-9,13H2,1-2H3,(H,14,16). The molecular formula is C12H25N3O. The van der Waals surface area contributed by atoms with Crippen LogP contribution in [0, 0.1) is 0 Å². The zero-order chi connectivity index (χ0) is 12.0. The molecule has 0 aromatic heterocycles. The molecule has 1 aliphatic carbocycles. The van der Waals surface area contributed by atoms with Crippen molar-refractivity contribution in [2.45, 2.75) is 51.1 Å². The Kier molecular flexibility index (Phi) is 5.77. The van der Waals surface area contributed by atoms with Gasteiger partial charge in [0.05, 0.1) is 0 Å². The van der Waals surface area contributed by atoms with Crippen molar-refractivity contribution in [3.05, 3.63) is 0 Å². The minimum absolute atomic E-state index is 0.128. The van der Waals surface area contributed by atoms with Gasteiger partial charge in [-0.1, -0.05) is 13.3 Å². The molecular weight excluding hydrogens is 202 g/mol. The van der Waals surface area contributed by atoms with Crippen LogP contribution in [0.3, 0.4) is 0 Å². The van der Waals surface area contributed by atoms with Crippen LogP contribution in [-0.2, 0) is 4.79 Å². The van der Waals surface area contributed by atoms with E-state index in [9.17, 15) is 4.79 Å². The molecule has 0 bridgehead atoms. The van der Waals surface area contributed by atoms with Crippen LogP contribution in [0.15, 0.2) is 0 Å². The third-order valence-corrected chi connectivity index (χ3v) is 3.49. The summed E-state index contributed by atoms with van der Waals surface area (Å²) in [6.07, 6.45) is 5.34. The largest absolute Gasteiger partial charge is 0.356 e. The molecule has 0 aromatic carbocycles. The lowest BCUT2D eigenvalue weighted by molar-refractivity contribution is -0.122. The second-order valence-corrected chi connectivity index (χ2v) is 4.69. The highest BCUT2D eigenvalue weighted by Crippen LogP contribution is 2.25. The predicted octanol–water partition coefficient (Wildman–Crippen LogP) is 0.714. The van der Waals surface area contributed by atoms with Crippen molar-refractivity contribution in [1.29, 1.82) is 0 Å². The first kappa shape index (κ1) is 13.5. The van der Waals surface area contributed by atoms with Gasteiger partial charge >= 0.3 is 0 Å². The van der Waals surface area contributed by atoms with E-state index in [2.05, 4.69) is 24.2 Å². The number of nitrogens with zero attached hydrogens (tertiary/aromatic N) is 1. The van der Waals surface area contributed by atoms with Gasteiger partial charge in [-0.05, 0) is 26.3 Å². The molecule has 3 N–H and O–H groups in total. The van der Waals surface area contributed by atoms with Gasteiger partial charge in [-0.2, -0.15) is 0 Å². The Morgan fingerprint density at radius 3 is 2.69 bits per heavy atom. The average Bonchev–Trinajstić information content (AvgIpc) is 2.20. The first-order valence-electron chi connectivity index (χ1n) is 6.37. The number of nitrogens with one attached hydrogen (secondary N) is 1. The summed E-state index contributed by atoms with van der Waals surface area (Å²) in [5, 5.41) is 2.91. The van der Waals surface area contributed by atoms with E-state index in [-0.39, 0.29) is 11.9 Å². The van der Waals surface area contributed by atoms with Gasteiger partial charge in [0.15, 0.2) is 0 Å². The number of hydrogen-bond donors (Lipinski definition) is 2. The number of hydrogen-bond acceptors (Lipinski definition) is 3. The fraction of sp³-hybridized carbons (Fsp3) is 0.917. The Morgan fingerprint density at radius 2 is 2.25 bits per heavy atom. The van der Waals surface area contributed by atoms with Crippen LogP contribution in [0.5, 0.6) is 0 Å². The maximum atomic E-state index is 11.6. The number of rotatable bonds is 7. The molecule has 0 heterocycles. The Bertz CT molecular complexity index is 216. The van der Waals surface area contributed by atoms with E-state index in [4.69, 9.17) is 5.73 Å². The summed E-state index contributed by atoms with van der Waals surface area (Å²) in [5.74, 6) is 0.128. The summed E-state index contributed by atoms with van der Waals surface area (Å²) in [6, 6.07) is 0.842. The van der Waals surface area contributed by atoms with Crippen LogP contribution in [0.25, 0.3) is 0 Å². The van der Waals surface area contributed by atoms with E-state index in [1.165, 1.54) is 19.3 Å². The van der Waals surface area contributed by atoms with Crippen molar-refractivity contribution in [2.24, 2.45) is 5.73 Å². The number of nitrogens with two attached hydrogens (primary N) is 1. The molecule has 4 nitrogen and oxygen atoms in total. The molecule has 0 aliphatic heterocycles. The topological polar surface area (TPSA) is 58.4 Å². The fourth-order valence-corrected chi connectivity index (χ4v) is 2.04. The Hall–Kier alpha value is -0.610. The molecule has 1 unspecified atom stereocenters. The van der Waals surface area contributed by atoms with Gasteiger partial charge in [0, 0.05) is 31.6 Å². The van der Waals surface area contributed by atoms with Gasteiger partial charge in [-0.25, -0.2) is 0 Å². The second kappa shape index (κ2) is 6.86. The quantitative estimate of drug-likeness (QED) is 0.673. The monoisotopic (exact) mass is 227 g/mol. The van der Waals surface area contributed by atoms with E-state index in [1.54, 1.807) is 0 Å². The Balaban J connectivity index is 2.32. The maximum absolute atomic E-state index is 11.6. The van der Waals surface area contributed by atoms with E-state index >= 15 is 0 Å². The minimum Gasteiger partial charge on any atom is -0.356 e. The number of likely N-dealkylation sites (N-methyl/N-ethyl adjacent to an activating group) is 1. The summed E-state index contributed by atoms with van der Waals surface area (Å²) in [6.45, 7) is 3.39. The van der Waals surface area contributed by atoms with Crippen LogP contribution in [0.2, 0.25) is 0 Å². The molecule has 0 spiro atoms. The molecule has 0 saturated heterocycles. The van der Waals surface area contributed by atoms with Crippen LogP contribution < -0.4 is 11.1 Å². The number of carbonyl (C=O) groups excluding carboxylic acids is 1. The number of carbonyl (C=O) groups is 1. The zero-order valence-electron chi connectivity index (χ0n) is 10.5. The van der Waals surface area contributed by atoms with E-state index in [0.717, 1.165) is 13.0 Å². The highest BCUT2D eigenvalue weighted by Gasteiger charge is 2.27. The second-order valence-electron chi connectivity index (χ2n) is 4.69. The maximum Gasteiger partial charge on any atom is 0.221 e. The van der Waals surface area contributed by atoms with E-state index in [0.29, 0.717) is 19.0 Å². The van der Waals surface area contributed by atoms with E-state index in [1.807, 2.05) is 0 Å². The van der Waals surface area contributed by atoms with Crippen molar-refractivity contribution in [1.82, 2.24) is 10.2 Å². The van der Waals surface area contributed by atoms with Crippen LogP contribution in [-0.4, -0.2) is 43.0 Å². The molecule has 1 aliphatic rings. The van der Waals surface area contributed by atoms with Crippen LogP contribution >= 0.6 is 0 Å². The lowest BCUT2D eigenvalue weighted by atomic mass is 9.90. The van der Waals surface area contributed by atoms with Gasteiger partial charge in [0.2, 0.25) is 5.91 Å². The number of amides is 1. The average molecular weight is 227 g/mol. The van der Waals surface area contributed by atoms with Gasteiger partial charge in [0.1, 0.15) is 0 Å². The van der Waals surface area contributed by atoms with Crippen molar-refractivity contribution < 1.29 is 4.79 Å². The van der Waals surface area contributed by atoms with Crippen LogP contribution in [0.1, 0.15) is 39.0 Å². The van der Waals surface area contributed by atoms with E-state index < -0.39 is 0 Å². The third kappa shape index (κ3) is 3.76. The zero-order valence-corrected chi connectivity index (χ0v) is 10.5. The molecule has 0 aromatic rings. The summed E-state index contributed by atoms with van der Waals surface area (Å²) < 4.78 is 0. The Morgan fingerprint density at radius 1 is 1.56 bits per heavy atom. The molecule has 16 heavy (non-hydrogen) atoms. The lowest BCUT2D eigenvalue weighted by Crippen LogP contribution is -2.49. The summed E-state index contributed by atoms with van der Waals surface area (Å²) in [5.41, 5.74) is 5.75. The molecule has 1 rings (SSSR count). The van der Waals surface area contributed by atoms with Gasteiger partial charge in [0.25, 0.3) is 0 Å². The third-order valence-electron chi connectivity index (χ3n) is 3.49. The first-order valence-corrected chi connectivity index (χ1v) is 6.37. The lowest BCUT2D eigenvalue weighted by Gasteiger charge is -2.39. The Labute approximate surface area is 98.6 Å². The van der Waals surface area contributed by atoms with Crippen molar-refractivity contribution in [2.75, 3.05) is 20.1 Å². The van der Waals surface area contributed by atoms with Crippen LogP contribution in [0.4, 0.5) is 0 Å². The van der Waals surface area contributed by atoms with Crippen molar-refractivity contribution >= 4 is 5.91 Å². The highest BCUT2D eigenvalue weighted by atomic mass is 16.1. The predicted molar refractivity (Wildman–Crippen MR) is 66.2 cm³/mol. The van der Waals surface area contributed by atoms with Gasteiger partial charge in [-0.3, -0.25) is 9.69 Å². The molecule has 94 valence electrons. The fourth-order valence-electron chi connectivity index (χ4n) is 2.04. The normalized spacial score (nSPS) is 18.2. The molecule has 1 amide bonds. The molecule has 1 fully saturated rings. The SMILES string of the molecule is CCCNC(=O)CC(CN)N(C)C1CCC1. The summed E-state index contributed by atoms with van der Waals surface area (Å²) in [4.78, 5) is 13.9.